The quantitative estimate of drug-likeness (QED) is 0.909. The maximum atomic E-state index is 13.7. The summed E-state index contributed by atoms with van der Waals surface area (Å²) in [6.45, 7) is 5.06. The smallest absolute Gasteiger partial charge is 0.260 e. The predicted molar refractivity (Wildman–Crippen MR) is 88.2 cm³/mol. The van der Waals surface area contributed by atoms with E-state index in [2.05, 4.69) is 0 Å². The van der Waals surface area contributed by atoms with Crippen LogP contribution < -0.4 is 10.5 Å². The first-order valence-corrected chi connectivity index (χ1v) is 8.48. The van der Waals surface area contributed by atoms with Crippen LogP contribution in [0.5, 0.6) is 5.75 Å². The minimum atomic E-state index is -0.449. The molecule has 2 aliphatic heterocycles. The molecule has 2 N–H and O–H groups in total. The van der Waals surface area contributed by atoms with Crippen molar-refractivity contribution in [3.8, 4) is 5.75 Å². The van der Waals surface area contributed by atoms with Crippen molar-refractivity contribution in [2.75, 3.05) is 39.5 Å². The van der Waals surface area contributed by atoms with E-state index in [1.54, 1.807) is 12.1 Å². The van der Waals surface area contributed by atoms with Crippen molar-refractivity contribution < 1.29 is 18.7 Å². The van der Waals surface area contributed by atoms with Gasteiger partial charge in [0.25, 0.3) is 5.91 Å². The van der Waals surface area contributed by atoms with Gasteiger partial charge in [0.15, 0.2) is 18.2 Å². The molecule has 1 spiro atoms. The predicted octanol–water partition coefficient (Wildman–Crippen LogP) is 1.73. The van der Waals surface area contributed by atoms with Gasteiger partial charge in [0.2, 0.25) is 0 Å². The highest BCUT2D eigenvalue weighted by atomic mass is 19.1. The highest BCUT2D eigenvalue weighted by Crippen LogP contribution is 2.43. The van der Waals surface area contributed by atoms with E-state index < -0.39 is 5.82 Å². The van der Waals surface area contributed by atoms with Gasteiger partial charge in [-0.05, 0) is 55.3 Å². The Labute approximate surface area is 141 Å². The minimum Gasteiger partial charge on any atom is -0.481 e. The molecule has 2 aliphatic rings. The largest absolute Gasteiger partial charge is 0.481 e. The molecule has 2 saturated heterocycles. The summed E-state index contributed by atoms with van der Waals surface area (Å²) < 4.78 is 24.6. The van der Waals surface area contributed by atoms with Gasteiger partial charge < -0.3 is 20.1 Å². The Kier molecular flexibility index (Phi) is 5.06. The average molecular weight is 336 g/mol. The van der Waals surface area contributed by atoms with Crippen LogP contribution in [0.4, 0.5) is 4.39 Å². The summed E-state index contributed by atoms with van der Waals surface area (Å²) in [5, 5.41) is 0. The van der Waals surface area contributed by atoms with E-state index in [1.807, 2.05) is 11.8 Å². The number of hydrogen-bond donors (Lipinski definition) is 1. The van der Waals surface area contributed by atoms with Crippen LogP contribution in [0.3, 0.4) is 0 Å². The van der Waals surface area contributed by atoms with Gasteiger partial charge >= 0.3 is 0 Å². The van der Waals surface area contributed by atoms with Crippen molar-refractivity contribution in [1.82, 2.24) is 4.90 Å². The lowest BCUT2D eigenvalue weighted by Crippen LogP contribution is -2.40. The highest BCUT2D eigenvalue weighted by molar-refractivity contribution is 5.78. The molecule has 0 saturated carbocycles. The zero-order chi connectivity index (χ0) is 17.2. The van der Waals surface area contributed by atoms with Crippen LogP contribution >= 0.6 is 0 Å². The summed E-state index contributed by atoms with van der Waals surface area (Å²) in [6, 6.07) is 4.63. The Morgan fingerprint density at radius 1 is 1.46 bits per heavy atom. The number of amides is 1. The van der Waals surface area contributed by atoms with Gasteiger partial charge in [-0.1, -0.05) is 6.07 Å². The van der Waals surface area contributed by atoms with Gasteiger partial charge in [0, 0.05) is 26.3 Å². The van der Waals surface area contributed by atoms with E-state index in [0.717, 1.165) is 31.6 Å². The number of hydrogen-bond acceptors (Lipinski definition) is 4. The van der Waals surface area contributed by atoms with Gasteiger partial charge in [0.05, 0.1) is 0 Å². The fourth-order valence-corrected chi connectivity index (χ4v) is 3.84. The van der Waals surface area contributed by atoms with E-state index in [4.69, 9.17) is 15.2 Å². The van der Waals surface area contributed by atoms with Gasteiger partial charge in [-0.25, -0.2) is 4.39 Å². The number of halogens is 1. The molecular weight excluding hydrogens is 311 g/mol. The number of aryl methyl sites for hydroxylation is 1. The number of nitrogens with two attached hydrogens (primary N) is 1. The molecular formula is C18H25FN2O3. The molecule has 0 unspecified atom stereocenters. The average Bonchev–Trinajstić information content (AvgIpc) is 2.94. The van der Waals surface area contributed by atoms with Crippen molar-refractivity contribution in [1.29, 1.82) is 0 Å². The van der Waals surface area contributed by atoms with Crippen LogP contribution in [-0.2, 0) is 9.53 Å². The molecule has 132 valence electrons. The zero-order valence-electron chi connectivity index (χ0n) is 14.1. The van der Waals surface area contributed by atoms with E-state index in [0.29, 0.717) is 25.6 Å². The van der Waals surface area contributed by atoms with Crippen LogP contribution in [0.15, 0.2) is 18.2 Å². The summed E-state index contributed by atoms with van der Waals surface area (Å²) in [4.78, 5) is 14.3. The van der Waals surface area contributed by atoms with E-state index >= 15 is 0 Å². The highest BCUT2D eigenvalue weighted by Gasteiger charge is 2.47. The molecule has 0 aliphatic carbocycles. The molecule has 1 amide bonds. The van der Waals surface area contributed by atoms with Crippen molar-refractivity contribution in [3.63, 3.8) is 0 Å². The Balaban J connectivity index is 1.62. The van der Waals surface area contributed by atoms with Crippen molar-refractivity contribution >= 4 is 5.91 Å². The monoisotopic (exact) mass is 336 g/mol. The standard InChI is InChI=1S/C18H25FN2O3/c1-13-2-3-15(19)16(8-13)24-11-17(22)21-10-14(9-20)18(12-21)4-6-23-7-5-18/h2-3,8,14H,4-7,9-12,20H2,1H3/t14-/m0/s1. The van der Waals surface area contributed by atoms with Crippen LogP contribution in [0.2, 0.25) is 0 Å². The topological polar surface area (TPSA) is 64.8 Å². The van der Waals surface area contributed by atoms with Gasteiger partial charge in [-0.15, -0.1) is 0 Å². The van der Waals surface area contributed by atoms with Crippen molar-refractivity contribution in [3.05, 3.63) is 29.6 Å². The third kappa shape index (κ3) is 3.39. The van der Waals surface area contributed by atoms with Crippen LogP contribution in [0.1, 0.15) is 18.4 Å². The minimum absolute atomic E-state index is 0.0667. The second-order valence-corrected chi connectivity index (χ2v) is 6.90. The molecule has 3 rings (SSSR count). The Morgan fingerprint density at radius 2 is 2.21 bits per heavy atom. The van der Waals surface area contributed by atoms with E-state index in [1.165, 1.54) is 6.07 Å². The Bertz CT molecular complexity index is 602. The fourth-order valence-electron chi connectivity index (χ4n) is 3.84. The summed E-state index contributed by atoms with van der Waals surface area (Å²) in [5.41, 5.74) is 6.90. The van der Waals surface area contributed by atoms with Crippen LogP contribution in [0, 0.1) is 24.1 Å². The normalized spacial score (nSPS) is 22.8. The van der Waals surface area contributed by atoms with Crippen molar-refractivity contribution in [2.45, 2.75) is 19.8 Å². The van der Waals surface area contributed by atoms with Gasteiger partial charge in [0.1, 0.15) is 0 Å². The fraction of sp³-hybridized carbons (Fsp3) is 0.611. The maximum absolute atomic E-state index is 13.7. The maximum Gasteiger partial charge on any atom is 0.260 e. The molecule has 0 radical (unpaired) electrons. The molecule has 5 nitrogen and oxygen atoms in total. The molecule has 0 bridgehead atoms. The van der Waals surface area contributed by atoms with Crippen LogP contribution in [0.25, 0.3) is 0 Å². The summed E-state index contributed by atoms with van der Waals surface area (Å²) >= 11 is 0. The van der Waals surface area contributed by atoms with Gasteiger partial charge in [-0.3, -0.25) is 4.79 Å². The number of likely N-dealkylation sites (tertiary alicyclic amines) is 1. The first kappa shape index (κ1) is 17.2. The number of carbonyl (C=O) groups excluding carboxylic acids is 1. The molecule has 0 aromatic heterocycles. The summed E-state index contributed by atoms with van der Waals surface area (Å²) in [6.07, 6.45) is 1.87. The SMILES string of the molecule is Cc1ccc(F)c(OCC(=O)N2C[C@H](CN)C3(CCOCC3)C2)c1. The number of ether oxygens (including phenoxy) is 2. The van der Waals surface area contributed by atoms with Crippen molar-refractivity contribution in [2.24, 2.45) is 17.1 Å². The number of rotatable bonds is 4. The first-order chi connectivity index (χ1) is 11.5. The zero-order valence-corrected chi connectivity index (χ0v) is 14.1. The lowest BCUT2D eigenvalue weighted by molar-refractivity contribution is -0.133. The summed E-state index contributed by atoms with van der Waals surface area (Å²) in [7, 11) is 0. The molecule has 2 fully saturated rings. The van der Waals surface area contributed by atoms with E-state index in [9.17, 15) is 9.18 Å². The number of benzene rings is 1. The van der Waals surface area contributed by atoms with Gasteiger partial charge in [-0.2, -0.15) is 0 Å². The Morgan fingerprint density at radius 3 is 2.92 bits per heavy atom. The summed E-state index contributed by atoms with van der Waals surface area (Å²) in [5.74, 6) is -0.145. The third-order valence-corrected chi connectivity index (χ3v) is 5.38. The first-order valence-electron chi connectivity index (χ1n) is 8.48. The third-order valence-electron chi connectivity index (χ3n) is 5.38. The molecule has 2 heterocycles. The number of nitrogens with zero attached hydrogens (tertiary/aromatic N) is 1. The lowest BCUT2D eigenvalue weighted by atomic mass is 9.72. The molecule has 6 heteroatoms. The number of carbonyl (C=O) groups is 1. The lowest BCUT2D eigenvalue weighted by Gasteiger charge is -2.37. The van der Waals surface area contributed by atoms with Crippen LogP contribution in [-0.4, -0.2) is 50.3 Å². The molecule has 1 atom stereocenters. The molecule has 24 heavy (non-hydrogen) atoms. The second kappa shape index (κ2) is 7.07. The Hall–Kier alpha value is -1.66. The second-order valence-electron chi connectivity index (χ2n) is 6.90. The molecule has 1 aromatic rings. The molecule has 1 aromatic carbocycles. The van der Waals surface area contributed by atoms with E-state index in [-0.39, 0.29) is 23.7 Å².